The summed E-state index contributed by atoms with van der Waals surface area (Å²) in [6.45, 7) is 6.29. The number of carbonyl (C=O) groups excluding carboxylic acids is 2. The minimum atomic E-state index is -3.52. The Labute approximate surface area is 173 Å². The molecule has 2 amide bonds. The lowest BCUT2D eigenvalue weighted by molar-refractivity contribution is -0.895. The van der Waals surface area contributed by atoms with Gasteiger partial charge in [0.1, 0.15) is 0 Å². The zero-order valence-electron chi connectivity index (χ0n) is 17.8. The van der Waals surface area contributed by atoms with Gasteiger partial charge in [0.05, 0.1) is 37.6 Å². The minimum absolute atomic E-state index is 0.0216. The van der Waals surface area contributed by atoms with E-state index in [-0.39, 0.29) is 24.9 Å². The van der Waals surface area contributed by atoms with Crippen LogP contribution in [0.5, 0.6) is 0 Å². The van der Waals surface area contributed by atoms with Crippen molar-refractivity contribution in [2.24, 2.45) is 0 Å². The van der Waals surface area contributed by atoms with Crippen LogP contribution in [0.25, 0.3) is 0 Å². The van der Waals surface area contributed by atoms with Gasteiger partial charge in [0.25, 0.3) is 5.91 Å². The maximum absolute atomic E-state index is 12.9. The van der Waals surface area contributed by atoms with Crippen LogP contribution in [0.3, 0.4) is 0 Å². The zero-order valence-corrected chi connectivity index (χ0v) is 18.6. The second-order valence-electron chi connectivity index (χ2n) is 7.77. The van der Waals surface area contributed by atoms with E-state index in [0.717, 1.165) is 16.9 Å². The first kappa shape index (κ1) is 23.3. The SMILES string of the molecule is CC[C@@H](C)c1ccc(S(=O)(=O)N2CC[NH+](CC(=O)NCC(=O)N(C)C)CC2)cc1. The summed E-state index contributed by atoms with van der Waals surface area (Å²) >= 11 is 0. The van der Waals surface area contributed by atoms with Crippen LogP contribution in [-0.4, -0.2) is 82.8 Å². The molecule has 8 nitrogen and oxygen atoms in total. The fourth-order valence-corrected chi connectivity index (χ4v) is 4.64. The van der Waals surface area contributed by atoms with E-state index in [9.17, 15) is 18.0 Å². The number of piperazine rings is 1. The van der Waals surface area contributed by atoms with Crippen LogP contribution >= 0.6 is 0 Å². The third-order valence-electron chi connectivity index (χ3n) is 5.47. The molecule has 0 bridgehead atoms. The molecule has 1 fully saturated rings. The molecule has 1 aliphatic heterocycles. The molecular formula is C20H33N4O4S+. The van der Waals surface area contributed by atoms with Gasteiger partial charge in [-0.05, 0) is 30.0 Å². The van der Waals surface area contributed by atoms with Gasteiger partial charge < -0.3 is 15.1 Å². The molecule has 1 saturated heterocycles. The number of likely N-dealkylation sites (N-methyl/N-ethyl adjacent to an activating group) is 1. The Morgan fingerprint density at radius 3 is 2.28 bits per heavy atom. The van der Waals surface area contributed by atoms with Crippen molar-refractivity contribution in [1.82, 2.24) is 14.5 Å². The first-order valence-corrected chi connectivity index (χ1v) is 11.5. The average Bonchev–Trinajstić information content (AvgIpc) is 2.71. The molecule has 2 rings (SSSR count). The smallest absolute Gasteiger partial charge is 0.275 e. The van der Waals surface area contributed by atoms with E-state index in [2.05, 4.69) is 19.2 Å². The Morgan fingerprint density at radius 1 is 1.17 bits per heavy atom. The molecule has 1 aliphatic rings. The molecule has 0 aromatic heterocycles. The van der Waals surface area contributed by atoms with Crippen LogP contribution in [0.2, 0.25) is 0 Å². The molecule has 0 unspecified atom stereocenters. The summed E-state index contributed by atoms with van der Waals surface area (Å²) in [6, 6.07) is 7.15. The van der Waals surface area contributed by atoms with E-state index < -0.39 is 10.0 Å². The van der Waals surface area contributed by atoms with Gasteiger partial charge in [-0.3, -0.25) is 9.59 Å². The van der Waals surface area contributed by atoms with Gasteiger partial charge in [-0.2, -0.15) is 4.31 Å². The molecule has 1 atom stereocenters. The standard InChI is InChI=1S/C20H32N4O4S/c1-5-16(2)17-6-8-18(9-7-17)29(27,28)24-12-10-23(11-13-24)15-19(25)21-14-20(26)22(3)4/h6-9,16H,5,10-15H2,1-4H3,(H,21,25)/p+1/t16-/m1/s1. The van der Waals surface area contributed by atoms with Crippen molar-refractivity contribution in [3.05, 3.63) is 29.8 Å². The van der Waals surface area contributed by atoms with Crippen LogP contribution in [0, 0.1) is 0 Å². The first-order chi connectivity index (χ1) is 13.6. The van der Waals surface area contributed by atoms with Crippen molar-refractivity contribution >= 4 is 21.8 Å². The summed E-state index contributed by atoms with van der Waals surface area (Å²) < 4.78 is 27.3. The van der Waals surface area contributed by atoms with Gasteiger partial charge in [-0.1, -0.05) is 26.0 Å². The van der Waals surface area contributed by atoms with E-state index in [1.165, 1.54) is 9.21 Å². The number of sulfonamides is 1. The molecular weight excluding hydrogens is 392 g/mol. The largest absolute Gasteiger partial charge is 0.347 e. The highest BCUT2D eigenvalue weighted by atomic mass is 32.2. The Morgan fingerprint density at radius 2 is 1.76 bits per heavy atom. The number of quaternary nitrogens is 1. The van der Waals surface area contributed by atoms with Gasteiger partial charge in [0, 0.05) is 14.1 Å². The molecule has 0 spiro atoms. The molecule has 9 heteroatoms. The highest BCUT2D eigenvalue weighted by Crippen LogP contribution is 2.22. The monoisotopic (exact) mass is 425 g/mol. The van der Waals surface area contributed by atoms with E-state index in [1.54, 1.807) is 26.2 Å². The van der Waals surface area contributed by atoms with Gasteiger partial charge in [0.15, 0.2) is 6.54 Å². The van der Waals surface area contributed by atoms with Crippen molar-refractivity contribution in [1.29, 1.82) is 0 Å². The van der Waals surface area contributed by atoms with E-state index >= 15 is 0 Å². The topological polar surface area (TPSA) is 91.2 Å². The molecule has 1 aromatic rings. The molecule has 162 valence electrons. The molecule has 1 aromatic carbocycles. The first-order valence-electron chi connectivity index (χ1n) is 10.1. The second-order valence-corrected chi connectivity index (χ2v) is 9.71. The van der Waals surface area contributed by atoms with Crippen LogP contribution < -0.4 is 10.2 Å². The molecule has 0 aliphatic carbocycles. The fraction of sp³-hybridized carbons (Fsp3) is 0.600. The number of benzene rings is 1. The number of hydrogen-bond donors (Lipinski definition) is 2. The second kappa shape index (κ2) is 10.2. The van der Waals surface area contributed by atoms with Crippen LogP contribution in [-0.2, 0) is 19.6 Å². The lowest BCUT2D eigenvalue weighted by Crippen LogP contribution is -3.15. The van der Waals surface area contributed by atoms with Gasteiger partial charge >= 0.3 is 0 Å². The summed E-state index contributed by atoms with van der Waals surface area (Å²) in [6.07, 6.45) is 1.01. The summed E-state index contributed by atoms with van der Waals surface area (Å²) in [7, 11) is -0.252. The van der Waals surface area contributed by atoms with Crippen LogP contribution in [0.1, 0.15) is 31.7 Å². The average molecular weight is 426 g/mol. The number of nitrogens with one attached hydrogen (secondary N) is 2. The van der Waals surface area contributed by atoms with Gasteiger partial charge in [0.2, 0.25) is 15.9 Å². The maximum atomic E-state index is 12.9. The molecule has 2 N–H and O–H groups in total. The zero-order chi connectivity index (χ0) is 21.6. The lowest BCUT2D eigenvalue weighted by atomic mass is 9.99. The lowest BCUT2D eigenvalue weighted by Gasteiger charge is -2.31. The predicted molar refractivity (Wildman–Crippen MR) is 111 cm³/mol. The number of hydrogen-bond acceptors (Lipinski definition) is 4. The molecule has 1 heterocycles. The Kier molecular flexibility index (Phi) is 8.18. The van der Waals surface area contributed by atoms with Crippen LogP contribution in [0.15, 0.2) is 29.2 Å². The Hall–Kier alpha value is -1.97. The third kappa shape index (κ3) is 6.25. The van der Waals surface area contributed by atoms with Crippen molar-refractivity contribution in [3.8, 4) is 0 Å². The molecule has 0 radical (unpaired) electrons. The highest BCUT2D eigenvalue weighted by Gasteiger charge is 2.31. The number of amides is 2. The number of rotatable bonds is 8. The van der Waals surface area contributed by atoms with Gasteiger partial charge in [-0.15, -0.1) is 0 Å². The summed E-state index contributed by atoms with van der Waals surface area (Å²) in [5, 5.41) is 2.61. The Bertz CT molecular complexity index is 800. The molecule has 0 saturated carbocycles. The highest BCUT2D eigenvalue weighted by molar-refractivity contribution is 7.89. The van der Waals surface area contributed by atoms with Crippen molar-refractivity contribution in [2.75, 3.05) is 53.4 Å². The predicted octanol–water partition coefficient (Wildman–Crippen LogP) is -0.706. The summed E-state index contributed by atoms with van der Waals surface area (Å²) in [5.74, 6) is 0.0359. The van der Waals surface area contributed by atoms with Crippen molar-refractivity contribution in [2.45, 2.75) is 31.1 Å². The normalized spacial score (nSPS) is 17.0. The van der Waals surface area contributed by atoms with Crippen LogP contribution in [0.4, 0.5) is 0 Å². The van der Waals surface area contributed by atoms with Crippen molar-refractivity contribution < 1.29 is 22.9 Å². The fourth-order valence-electron chi connectivity index (χ4n) is 3.19. The summed E-state index contributed by atoms with van der Waals surface area (Å²) in [4.78, 5) is 26.3. The maximum Gasteiger partial charge on any atom is 0.275 e. The third-order valence-corrected chi connectivity index (χ3v) is 7.39. The van der Waals surface area contributed by atoms with E-state index in [0.29, 0.717) is 37.0 Å². The number of carbonyl (C=O) groups is 2. The van der Waals surface area contributed by atoms with E-state index in [4.69, 9.17) is 0 Å². The quantitative estimate of drug-likeness (QED) is 0.576. The molecule has 29 heavy (non-hydrogen) atoms. The van der Waals surface area contributed by atoms with Gasteiger partial charge in [-0.25, -0.2) is 8.42 Å². The minimum Gasteiger partial charge on any atom is -0.347 e. The Balaban J connectivity index is 1.87. The van der Waals surface area contributed by atoms with Crippen molar-refractivity contribution in [3.63, 3.8) is 0 Å². The number of nitrogens with zero attached hydrogens (tertiary/aromatic N) is 2. The van der Waals surface area contributed by atoms with E-state index in [1.807, 2.05) is 12.1 Å². The summed E-state index contributed by atoms with van der Waals surface area (Å²) in [5.41, 5.74) is 1.14.